The topological polar surface area (TPSA) is 38.0 Å². The molecular formula is C16H22N2. The molecule has 4 unspecified atom stereocenters. The average Bonchev–Trinajstić information content (AvgIpc) is 2.76. The van der Waals surface area contributed by atoms with Gasteiger partial charge in [0.25, 0.3) is 0 Å². The number of nitrogens with two attached hydrogens (primary N) is 1. The van der Waals surface area contributed by atoms with Crippen LogP contribution in [0.1, 0.15) is 30.4 Å². The summed E-state index contributed by atoms with van der Waals surface area (Å²) < 4.78 is 0. The van der Waals surface area contributed by atoms with E-state index in [2.05, 4.69) is 30.4 Å². The minimum absolute atomic E-state index is 0.818. The van der Waals surface area contributed by atoms with Crippen LogP contribution < -0.4 is 11.1 Å². The molecule has 3 aliphatic rings. The molecule has 2 bridgehead atoms. The average molecular weight is 242 g/mol. The standard InChI is InChI=1S/C16H22N2/c1-9-2-3-10(6-13(9)17)8-18-16-14-11-4-5-12(7-11)15(14)16/h2-3,6,11-12,14-16,18H,4-5,7-8,17H2,1H3. The largest absolute Gasteiger partial charge is 0.399 e. The summed E-state index contributed by atoms with van der Waals surface area (Å²) in [6, 6.07) is 7.27. The molecule has 0 radical (unpaired) electrons. The molecule has 96 valence electrons. The summed E-state index contributed by atoms with van der Waals surface area (Å²) in [4.78, 5) is 0. The Bertz CT molecular complexity index is 466. The van der Waals surface area contributed by atoms with Gasteiger partial charge in [-0.2, -0.15) is 0 Å². The van der Waals surface area contributed by atoms with Crippen molar-refractivity contribution in [2.45, 2.75) is 38.8 Å². The van der Waals surface area contributed by atoms with Gasteiger partial charge in [0.1, 0.15) is 0 Å². The van der Waals surface area contributed by atoms with Crippen LogP contribution in [0.25, 0.3) is 0 Å². The fourth-order valence-corrected chi connectivity index (χ4v) is 4.63. The molecule has 0 aromatic heterocycles. The van der Waals surface area contributed by atoms with E-state index in [1.165, 1.54) is 30.4 Å². The molecule has 4 atom stereocenters. The van der Waals surface area contributed by atoms with Gasteiger partial charge in [-0.1, -0.05) is 12.1 Å². The third-order valence-corrected chi connectivity index (χ3v) is 5.62. The van der Waals surface area contributed by atoms with Crippen LogP contribution >= 0.6 is 0 Å². The molecule has 0 saturated heterocycles. The first kappa shape index (κ1) is 10.9. The number of hydrogen-bond donors (Lipinski definition) is 2. The second-order valence-electron chi connectivity index (χ2n) is 6.59. The van der Waals surface area contributed by atoms with Crippen LogP contribution in [0.15, 0.2) is 18.2 Å². The molecule has 4 rings (SSSR count). The van der Waals surface area contributed by atoms with E-state index in [4.69, 9.17) is 5.73 Å². The minimum Gasteiger partial charge on any atom is -0.399 e. The van der Waals surface area contributed by atoms with Gasteiger partial charge in [0.05, 0.1) is 0 Å². The monoisotopic (exact) mass is 242 g/mol. The molecule has 1 aromatic carbocycles. The number of rotatable bonds is 3. The molecule has 3 saturated carbocycles. The quantitative estimate of drug-likeness (QED) is 0.800. The molecule has 1 aromatic rings. The number of nitrogens with one attached hydrogen (secondary N) is 1. The highest BCUT2D eigenvalue weighted by molar-refractivity contribution is 5.48. The van der Waals surface area contributed by atoms with E-state index in [-0.39, 0.29) is 0 Å². The zero-order chi connectivity index (χ0) is 12.3. The van der Waals surface area contributed by atoms with E-state index in [9.17, 15) is 0 Å². The highest BCUT2D eigenvalue weighted by Crippen LogP contribution is 2.65. The van der Waals surface area contributed by atoms with E-state index in [0.717, 1.165) is 41.9 Å². The van der Waals surface area contributed by atoms with Gasteiger partial charge in [0.15, 0.2) is 0 Å². The summed E-state index contributed by atoms with van der Waals surface area (Å²) in [6.07, 6.45) is 4.54. The molecule has 3 aliphatic carbocycles. The normalized spacial score (nSPS) is 39.9. The van der Waals surface area contributed by atoms with Crippen LogP contribution in [0.3, 0.4) is 0 Å². The fraction of sp³-hybridized carbons (Fsp3) is 0.625. The van der Waals surface area contributed by atoms with E-state index in [1.54, 1.807) is 0 Å². The molecule has 0 heterocycles. The Morgan fingerprint density at radius 2 is 1.94 bits per heavy atom. The lowest BCUT2D eigenvalue weighted by atomic mass is 10.0. The number of aryl methyl sites for hydroxylation is 1. The minimum atomic E-state index is 0.818. The summed E-state index contributed by atoms with van der Waals surface area (Å²) in [7, 11) is 0. The lowest BCUT2D eigenvalue weighted by Gasteiger charge is -2.11. The van der Waals surface area contributed by atoms with E-state index >= 15 is 0 Å². The predicted octanol–water partition coefficient (Wildman–Crippen LogP) is 2.71. The van der Waals surface area contributed by atoms with Crippen LogP contribution in [-0.2, 0) is 6.54 Å². The number of benzene rings is 1. The van der Waals surface area contributed by atoms with E-state index in [0.29, 0.717) is 0 Å². The SMILES string of the molecule is Cc1ccc(CNC2C3C4CCC(C4)C23)cc1N. The van der Waals surface area contributed by atoms with E-state index in [1.807, 2.05) is 0 Å². The smallest absolute Gasteiger partial charge is 0.0346 e. The first-order valence-corrected chi connectivity index (χ1v) is 7.32. The molecule has 2 heteroatoms. The van der Waals surface area contributed by atoms with Crippen LogP contribution in [0.4, 0.5) is 5.69 Å². The number of nitrogen functional groups attached to an aromatic ring is 1. The molecule has 3 N–H and O–H groups in total. The zero-order valence-corrected chi connectivity index (χ0v) is 11.0. The Kier molecular flexibility index (Phi) is 2.25. The summed E-state index contributed by atoms with van der Waals surface area (Å²) in [5.41, 5.74) is 9.39. The van der Waals surface area contributed by atoms with Gasteiger partial charge in [0.2, 0.25) is 0 Å². The highest BCUT2D eigenvalue weighted by atomic mass is 15.0. The maximum absolute atomic E-state index is 5.96. The van der Waals surface area contributed by atoms with Crippen LogP contribution in [0.2, 0.25) is 0 Å². The van der Waals surface area contributed by atoms with Gasteiger partial charge in [-0.25, -0.2) is 0 Å². The highest BCUT2D eigenvalue weighted by Gasteiger charge is 2.64. The zero-order valence-electron chi connectivity index (χ0n) is 11.0. The van der Waals surface area contributed by atoms with Gasteiger partial charge in [-0.3, -0.25) is 0 Å². The Hall–Kier alpha value is -1.02. The van der Waals surface area contributed by atoms with Crippen molar-refractivity contribution in [3.63, 3.8) is 0 Å². The summed E-state index contributed by atoms with van der Waals surface area (Å²) >= 11 is 0. The third kappa shape index (κ3) is 1.51. The molecule has 0 spiro atoms. The fourth-order valence-electron chi connectivity index (χ4n) is 4.63. The van der Waals surface area contributed by atoms with Gasteiger partial charge in [0, 0.05) is 18.3 Å². The predicted molar refractivity (Wildman–Crippen MR) is 74.0 cm³/mol. The Morgan fingerprint density at radius 3 is 2.61 bits per heavy atom. The van der Waals surface area contributed by atoms with Crippen LogP contribution in [0, 0.1) is 30.6 Å². The first-order chi connectivity index (χ1) is 8.74. The second-order valence-corrected chi connectivity index (χ2v) is 6.59. The summed E-state index contributed by atoms with van der Waals surface area (Å²) in [6.45, 7) is 3.05. The van der Waals surface area contributed by atoms with Gasteiger partial charge in [-0.05, 0) is 67.1 Å². The number of hydrogen-bond acceptors (Lipinski definition) is 2. The van der Waals surface area contributed by atoms with E-state index < -0.39 is 0 Å². The Balaban J connectivity index is 1.39. The van der Waals surface area contributed by atoms with Crippen LogP contribution in [0.5, 0.6) is 0 Å². The van der Waals surface area contributed by atoms with Crippen molar-refractivity contribution >= 4 is 5.69 Å². The number of anilines is 1. The molecule has 18 heavy (non-hydrogen) atoms. The third-order valence-electron chi connectivity index (χ3n) is 5.62. The molecule has 3 fully saturated rings. The van der Waals surface area contributed by atoms with Gasteiger partial charge < -0.3 is 11.1 Å². The second kappa shape index (κ2) is 3.74. The summed E-state index contributed by atoms with van der Waals surface area (Å²) in [5.74, 6) is 4.15. The lowest BCUT2D eigenvalue weighted by Crippen LogP contribution is -2.22. The van der Waals surface area contributed by atoms with Crippen LogP contribution in [-0.4, -0.2) is 6.04 Å². The number of fused-ring (bicyclic) bond motifs is 5. The first-order valence-electron chi connectivity index (χ1n) is 7.32. The van der Waals surface area contributed by atoms with Gasteiger partial charge >= 0.3 is 0 Å². The van der Waals surface area contributed by atoms with Crippen molar-refractivity contribution in [2.24, 2.45) is 23.7 Å². The Labute approximate surface area is 109 Å². The van der Waals surface area contributed by atoms with Crippen molar-refractivity contribution in [2.75, 3.05) is 5.73 Å². The van der Waals surface area contributed by atoms with Crippen molar-refractivity contribution in [1.82, 2.24) is 5.32 Å². The van der Waals surface area contributed by atoms with Crippen molar-refractivity contribution in [3.05, 3.63) is 29.3 Å². The molecular weight excluding hydrogens is 220 g/mol. The summed E-state index contributed by atoms with van der Waals surface area (Å²) in [5, 5.41) is 3.77. The Morgan fingerprint density at radius 1 is 1.22 bits per heavy atom. The lowest BCUT2D eigenvalue weighted by molar-refractivity contribution is 0.456. The van der Waals surface area contributed by atoms with Crippen molar-refractivity contribution < 1.29 is 0 Å². The van der Waals surface area contributed by atoms with Gasteiger partial charge in [-0.15, -0.1) is 0 Å². The molecule has 2 nitrogen and oxygen atoms in total. The molecule has 0 amide bonds. The van der Waals surface area contributed by atoms with Crippen molar-refractivity contribution in [1.29, 1.82) is 0 Å². The maximum atomic E-state index is 5.96. The maximum Gasteiger partial charge on any atom is 0.0346 e. The van der Waals surface area contributed by atoms with Crippen molar-refractivity contribution in [3.8, 4) is 0 Å². The molecule has 0 aliphatic heterocycles.